The number of aromatic nitrogens is 2. The monoisotopic (exact) mass is 257 g/mol. The third kappa shape index (κ3) is 2.78. The first kappa shape index (κ1) is 12.2. The predicted molar refractivity (Wildman–Crippen MR) is 73.6 cm³/mol. The number of carbonyl (C=O) groups is 1. The van der Waals surface area contributed by atoms with Gasteiger partial charge in [0, 0.05) is 18.3 Å². The average molecular weight is 257 g/mol. The normalized spacial score (nSPS) is 16.6. The number of carbonyl (C=O) groups excluding carboxylic acids is 1. The summed E-state index contributed by atoms with van der Waals surface area (Å²) in [4.78, 5) is 16.5. The number of nitrogens with one attached hydrogen (secondary N) is 1. The summed E-state index contributed by atoms with van der Waals surface area (Å²) in [7, 11) is 0. The number of imidazole rings is 1. The molecule has 4 nitrogen and oxygen atoms in total. The molecule has 1 N–H and O–H groups in total. The van der Waals surface area contributed by atoms with E-state index in [1.54, 1.807) is 0 Å². The van der Waals surface area contributed by atoms with Crippen molar-refractivity contribution in [1.82, 2.24) is 14.7 Å². The summed E-state index contributed by atoms with van der Waals surface area (Å²) in [6.45, 7) is 0.525. The highest BCUT2D eigenvalue weighted by Crippen LogP contribution is 2.23. The summed E-state index contributed by atoms with van der Waals surface area (Å²) in [5.74, 6) is 0.405. The van der Waals surface area contributed by atoms with Gasteiger partial charge in [-0.25, -0.2) is 4.98 Å². The van der Waals surface area contributed by atoms with Crippen LogP contribution >= 0.6 is 0 Å². The molecule has 100 valence electrons. The molecule has 0 aliphatic heterocycles. The van der Waals surface area contributed by atoms with Gasteiger partial charge < -0.3 is 9.72 Å². The van der Waals surface area contributed by atoms with Crippen LogP contribution in [0.15, 0.2) is 30.6 Å². The molecule has 2 aromatic heterocycles. The highest BCUT2D eigenvalue weighted by Gasteiger charge is 2.20. The van der Waals surface area contributed by atoms with Crippen molar-refractivity contribution in [1.29, 1.82) is 0 Å². The minimum Gasteiger partial charge on any atom is -0.350 e. The molecule has 2 heterocycles. The zero-order valence-corrected chi connectivity index (χ0v) is 11.0. The Bertz CT molecular complexity index is 537. The Morgan fingerprint density at radius 1 is 1.32 bits per heavy atom. The second-order valence-corrected chi connectivity index (χ2v) is 5.25. The predicted octanol–water partition coefficient (Wildman–Crippen LogP) is 2.53. The topological polar surface area (TPSA) is 46.4 Å². The van der Waals surface area contributed by atoms with Crippen LogP contribution in [0.3, 0.4) is 0 Å². The first-order valence-electron chi connectivity index (χ1n) is 7.03. The van der Waals surface area contributed by atoms with Crippen LogP contribution in [0.25, 0.3) is 5.65 Å². The molecular weight excluding hydrogens is 238 g/mol. The van der Waals surface area contributed by atoms with Crippen LogP contribution in [0.5, 0.6) is 0 Å². The minimum absolute atomic E-state index is 0.191. The fourth-order valence-electron chi connectivity index (χ4n) is 2.76. The zero-order chi connectivity index (χ0) is 13.1. The Labute approximate surface area is 112 Å². The highest BCUT2D eigenvalue weighted by molar-refractivity contribution is 5.78. The Morgan fingerprint density at radius 2 is 2.16 bits per heavy atom. The van der Waals surface area contributed by atoms with E-state index in [0.717, 1.165) is 24.2 Å². The number of fused-ring (bicyclic) bond motifs is 1. The standard InChI is InChI=1S/C15H19N3O/c19-15(12-6-2-1-3-7-12)16-10-13-11-18-9-5-4-8-14(18)17-13/h4-5,8-9,11-12H,1-3,6-7,10H2,(H,16,19). The van der Waals surface area contributed by atoms with E-state index in [1.165, 1.54) is 19.3 Å². The molecule has 2 aromatic rings. The van der Waals surface area contributed by atoms with Crippen LogP contribution in [0.4, 0.5) is 0 Å². The lowest BCUT2D eigenvalue weighted by molar-refractivity contribution is -0.126. The van der Waals surface area contributed by atoms with Gasteiger partial charge in [-0.05, 0) is 25.0 Å². The fourth-order valence-corrected chi connectivity index (χ4v) is 2.76. The van der Waals surface area contributed by atoms with Gasteiger partial charge in [-0.1, -0.05) is 25.3 Å². The molecular formula is C15H19N3O. The molecule has 0 bridgehead atoms. The van der Waals surface area contributed by atoms with Gasteiger partial charge in [0.05, 0.1) is 12.2 Å². The number of hydrogen-bond donors (Lipinski definition) is 1. The maximum atomic E-state index is 12.0. The van der Waals surface area contributed by atoms with Gasteiger partial charge in [0.25, 0.3) is 0 Å². The molecule has 1 aliphatic carbocycles. The van der Waals surface area contributed by atoms with Gasteiger partial charge in [0.2, 0.25) is 5.91 Å². The molecule has 1 fully saturated rings. The van der Waals surface area contributed by atoms with Crippen molar-refractivity contribution in [3.05, 3.63) is 36.3 Å². The zero-order valence-electron chi connectivity index (χ0n) is 11.0. The van der Waals surface area contributed by atoms with Gasteiger partial charge in [-0.15, -0.1) is 0 Å². The molecule has 1 saturated carbocycles. The second-order valence-electron chi connectivity index (χ2n) is 5.25. The van der Waals surface area contributed by atoms with E-state index in [2.05, 4.69) is 10.3 Å². The Balaban J connectivity index is 1.60. The maximum Gasteiger partial charge on any atom is 0.223 e. The SMILES string of the molecule is O=C(NCc1cn2ccccc2n1)C1CCCCC1. The number of pyridine rings is 1. The van der Waals surface area contributed by atoms with Crippen LogP contribution in [0, 0.1) is 5.92 Å². The van der Waals surface area contributed by atoms with Crippen LogP contribution in [-0.2, 0) is 11.3 Å². The molecule has 0 radical (unpaired) electrons. The number of rotatable bonds is 3. The van der Waals surface area contributed by atoms with Crippen LogP contribution in [0.1, 0.15) is 37.8 Å². The van der Waals surface area contributed by atoms with Gasteiger partial charge in [-0.2, -0.15) is 0 Å². The van der Waals surface area contributed by atoms with Crippen molar-refractivity contribution >= 4 is 11.6 Å². The summed E-state index contributed by atoms with van der Waals surface area (Å²) < 4.78 is 1.97. The lowest BCUT2D eigenvalue weighted by Gasteiger charge is -2.20. The van der Waals surface area contributed by atoms with E-state index in [1.807, 2.05) is 35.0 Å². The molecule has 0 atom stereocenters. The van der Waals surface area contributed by atoms with Crippen molar-refractivity contribution < 1.29 is 4.79 Å². The summed E-state index contributed by atoms with van der Waals surface area (Å²) in [6, 6.07) is 5.90. The molecule has 0 saturated heterocycles. The van der Waals surface area contributed by atoms with Crippen molar-refractivity contribution in [3.63, 3.8) is 0 Å². The molecule has 0 spiro atoms. The molecule has 4 heteroatoms. The van der Waals surface area contributed by atoms with Gasteiger partial charge in [0.1, 0.15) is 5.65 Å². The molecule has 3 rings (SSSR count). The van der Waals surface area contributed by atoms with Crippen molar-refractivity contribution in [3.8, 4) is 0 Å². The minimum atomic E-state index is 0.191. The number of hydrogen-bond acceptors (Lipinski definition) is 2. The number of nitrogens with zero attached hydrogens (tertiary/aromatic N) is 2. The van der Waals surface area contributed by atoms with Crippen LogP contribution in [-0.4, -0.2) is 15.3 Å². The quantitative estimate of drug-likeness (QED) is 0.918. The maximum absolute atomic E-state index is 12.0. The van der Waals surface area contributed by atoms with E-state index >= 15 is 0 Å². The Hall–Kier alpha value is -1.84. The third-order valence-electron chi connectivity index (χ3n) is 3.83. The molecule has 0 aromatic carbocycles. The van der Waals surface area contributed by atoms with E-state index in [9.17, 15) is 4.79 Å². The van der Waals surface area contributed by atoms with E-state index in [0.29, 0.717) is 6.54 Å². The second kappa shape index (κ2) is 5.43. The van der Waals surface area contributed by atoms with Crippen LogP contribution < -0.4 is 5.32 Å². The van der Waals surface area contributed by atoms with Crippen molar-refractivity contribution in [2.24, 2.45) is 5.92 Å². The van der Waals surface area contributed by atoms with Crippen LogP contribution in [0.2, 0.25) is 0 Å². The summed E-state index contributed by atoms with van der Waals surface area (Å²) in [5.41, 5.74) is 1.83. The van der Waals surface area contributed by atoms with E-state index in [-0.39, 0.29) is 11.8 Å². The Morgan fingerprint density at radius 3 is 2.95 bits per heavy atom. The number of amides is 1. The molecule has 1 aliphatic rings. The Kier molecular flexibility index (Phi) is 3.49. The summed E-state index contributed by atoms with van der Waals surface area (Å²) in [5, 5.41) is 3.01. The van der Waals surface area contributed by atoms with Gasteiger partial charge in [-0.3, -0.25) is 4.79 Å². The largest absolute Gasteiger partial charge is 0.350 e. The third-order valence-corrected chi connectivity index (χ3v) is 3.83. The van der Waals surface area contributed by atoms with Crippen molar-refractivity contribution in [2.75, 3.05) is 0 Å². The lowest BCUT2D eigenvalue weighted by atomic mass is 9.89. The van der Waals surface area contributed by atoms with E-state index in [4.69, 9.17) is 0 Å². The molecule has 1 amide bonds. The lowest BCUT2D eigenvalue weighted by Crippen LogP contribution is -2.31. The fraction of sp³-hybridized carbons (Fsp3) is 0.467. The smallest absolute Gasteiger partial charge is 0.223 e. The van der Waals surface area contributed by atoms with Gasteiger partial charge >= 0.3 is 0 Å². The van der Waals surface area contributed by atoms with Gasteiger partial charge in [0.15, 0.2) is 0 Å². The summed E-state index contributed by atoms with van der Waals surface area (Å²) in [6.07, 6.45) is 9.66. The first-order valence-corrected chi connectivity index (χ1v) is 7.03. The summed E-state index contributed by atoms with van der Waals surface area (Å²) >= 11 is 0. The van der Waals surface area contributed by atoms with Crippen molar-refractivity contribution in [2.45, 2.75) is 38.6 Å². The average Bonchev–Trinajstić information content (AvgIpc) is 2.88. The molecule has 0 unspecified atom stereocenters. The molecule has 19 heavy (non-hydrogen) atoms. The highest BCUT2D eigenvalue weighted by atomic mass is 16.1. The van der Waals surface area contributed by atoms with E-state index < -0.39 is 0 Å². The first-order chi connectivity index (χ1) is 9.33.